The molecule has 0 atom stereocenters. The van der Waals surface area contributed by atoms with Crippen molar-refractivity contribution >= 4 is 41.0 Å². The summed E-state index contributed by atoms with van der Waals surface area (Å²) in [5, 5.41) is 21.4. The van der Waals surface area contributed by atoms with Crippen molar-refractivity contribution in [3.05, 3.63) is 64.7 Å². The second kappa shape index (κ2) is 13.2. The molecule has 10 heteroatoms. The molecule has 0 unspecified atom stereocenters. The summed E-state index contributed by atoms with van der Waals surface area (Å²) >= 11 is 6.09. The van der Waals surface area contributed by atoms with Crippen molar-refractivity contribution in [2.75, 3.05) is 25.0 Å². The molecule has 0 saturated carbocycles. The number of hydrogen-bond acceptors (Lipinski definition) is 5. The lowest BCUT2D eigenvalue weighted by Gasteiger charge is -2.26. The molecule has 2 aromatic rings. The molecule has 1 aliphatic heterocycles. The number of amides is 2. The third kappa shape index (κ3) is 8.91. The van der Waals surface area contributed by atoms with Gasteiger partial charge in [0.2, 0.25) is 5.91 Å². The van der Waals surface area contributed by atoms with Crippen LogP contribution in [0.5, 0.6) is 0 Å². The van der Waals surface area contributed by atoms with Gasteiger partial charge < -0.3 is 25.7 Å². The van der Waals surface area contributed by atoms with Crippen LogP contribution in [0.3, 0.4) is 0 Å². The number of carboxylic acids is 2. The summed E-state index contributed by atoms with van der Waals surface area (Å²) in [5.41, 5.74) is 2.29. The minimum atomic E-state index is -1.82. The van der Waals surface area contributed by atoms with Gasteiger partial charge in [0.25, 0.3) is 5.91 Å². The van der Waals surface area contributed by atoms with E-state index in [2.05, 4.69) is 10.6 Å². The zero-order chi connectivity index (χ0) is 24.2. The summed E-state index contributed by atoms with van der Waals surface area (Å²) in [6, 6.07) is 14.6. The Bertz CT molecular complexity index is 962. The predicted molar refractivity (Wildman–Crippen MR) is 123 cm³/mol. The molecule has 4 N–H and O–H groups in total. The van der Waals surface area contributed by atoms with Crippen LogP contribution in [0.1, 0.15) is 35.2 Å². The third-order valence-corrected chi connectivity index (χ3v) is 5.17. The summed E-state index contributed by atoms with van der Waals surface area (Å²) < 4.78 is 0. The fourth-order valence-corrected chi connectivity index (χ4v) is 3.34. The normalized spacial score (nSPS) is 12.8. The molecule has 0 aliphatic carbocycles. The van der Waals surface area contributed by atoms with Crippen LogP contribution in [-0.4, -0.2) is 58.5 Å². The lowest BCUT2D eigenvalue weighted by molar-refractivity contribution is -0.159. The Labute approximate surface area is 196 Å². The number of rotatable bonds is 6. The van der Waals surface area contributed by atoms with Crippen molar-refractivity contribution in [3.8, 4) is 0 Å². The van der Waals surface area contributed by atoms with E-state index >= 15 is 0 Å². The molecule has 2 amide bonds. The Kier molecular flexibility index (Phi) is 10.3. The van der Waals surface area contributed by atoms with Gasteiger partial charge in [-0.2, -0.15) is 0 Å². The zero-order valence-electron chi connectivity index (χ0n) is 17.9. The molecular weight excluding hydrogens is 450 g/mol. The number of carboxylic acid groups (broad SMARTS) is 2. The molecule has 1 heterocycles. The predicted octanol–water partition coefficient (Wildman–Crippen LogP) is 2.85. The SMILES string of the molecule is O=C(CNCc1ccccc1Cl)Nc1ccc(C(=O)N2CCCCC2)cc1.O=C(O)C(=O)O. The molecule has 2 aromatic carbocycles. The molecule has 1 aliphatic rings. The van der Waals surface area contributed by atoms with E-state index in [1.807, 2.05) is 29.2 Å². The Morgan fingerprint density at radius 2 is 1.48 bits per heavy atom. The van der Waals surface area contributed by atoms with Crippen LogP contribution < -0.4 is 10.6 Å². The maximum atomic E-state index is 12.5. The van der Waals surface area contributed by atoms with Gasteiger partial charge in [0.15, 0.2) is 0 Å². The molecule has 9 nitrogen and oxygen atoms in total. The smallest absolute Gasteiger partial charge is 0.414 e. The van der Waals surface area contributed by atoms with E-state index in [0.29, 0.717) is 22.8 Å². The highest BCUT2D eigenvalue weighted by Crippen LogP contribution is 2.16. The molecule has 0 aromatic heterocycles. The van der Waals surface area contributed by atoms with Crippen LogP contribution in [0.25, 0.3) is 0 Å². The maximum absolute atomic E-state index is 12.5. The highest BCUT2D eigenvalue weighted by atomic mass is 35.5. The number of nitrogens with zero attached hydrogens (tertiary/aromatic N) is 1. The van der Waals surface area contributed by atoms with Crippen LogP contribution in [0.4, 0.5) is 5.69 Å². The van der Waals surface area contributed by atoms with Crippen LogP contribution >= 0.6 is 11.6 Å². The van der Waals surface area contributed by atoms with Gasteiger partial charge >= 0.3 is 11.9 Å². The number of likely N-dealkylation sites (tertiary alicyclic amines) is 1. The van der Waals surface area contributed by atoms with Crippen LogP contribution in [0.2, 0.25) is 5.02 Å². The van der Waals surface area contributed by atoms with Gasteiger partial charge in [-0.25, -0.2) is 9.59 Å². The third-order valence-electron chi connectivity index (χ3n) is 4.80. The first-order valence-electron chi connectivity index (χ1n) is 10.4. The average Bonchev–Trinajstić information content (AvgIpc) is 2.81. The minimum Gasteiger partial charge on any atom is -0.473 e. The maximum Gasteiger partial charge on any atom is 0.414 e. The number of halogens is 1. The average molecular weight is 476 g/mol. The van der Waals surface area contributed by atoms with Gasteiger partial charge in [-0.05, 0) is 55.2 Å². The molecule has 33 heavy (non-hydrogen) atoms. The second-order valence-corrected chi connectivity index (χ2v) is 7.69. The van der Waals surface area contributed by atoms with Crippen molar-refractivity contribution < 1.29 is 29.4 Å². The Morgan fingerprint density at radius 3 is 2.06 bits per heavy atom. The topological polar surface area (TPSA) is 136 Å². The largest absolute Gasteiger partial charge is 0.473 e. The fraction of sp³-hybridized carbons (Fsp3) is 0.304. The van der Waals surface area contributed by atoms with E-state index in [9.17, 15) is 9.59 Å². The Balaban J connectivity index is 0.000000569. The quantitative estimate of drug-likeness (QED) is 0.471. The van der Waals surface area contributed by atoms with Crippen molar-refractivity contribution in [2.45, 2.75) is 25.8 Å². The number of hydrogen-bond donors (Lipinski definition) is 4. The zero-order valence-corrected chi connectivity index (χ0v) is 18.7. The van der Waals surface area contributed by atoms with E-state index in [1.165, 1.54) is 6.42 Å². The summed E-state index contributed by atoms with van der Waals surface area (Å²) in [6.07, 6.45) is 3.33. The molecular formula is C23H26ClN3O6. The fourth-order valence-electron chi connectivity index (χ4n) is 3.13. The molecule has 0 spiro atoms. The standard InChI is InChI=1S/C21H24ClN3O2.C2H2O4/c22-19-7-3-2-6-17(19)14-23-15-20(26)24-18-10-8-16(9-11-18)21(27)25-12-4-1-5-13-25;3-1(4)2(5)6/h2-3,6-11,23H,1,4-5,12-15H2,(H,24,26);(H,3,4)(H,5,6). The van der Waals surface area contributed by atoms with Gasteiger partial charge in [-0.3, -0.25) is 9.59 Å². The lowest BCUT2D eigenvalue weighted by Crippen LogP contribution is -2.35. The molecule has 1 fully saturated rings. The minimum absolute atomic E-state index is 0.0639. The number of anilines is 1. The van der Waals surface area contributed by atoms with Gasteiger partial charge in [0.1, 0.15) is 0 Å². The molecule has 3 rings (SSSR count). The number of carbonyl (C=O) groups is 4. The first-order chi connectivity index (χ1) is 15.8. The summed E-state index contributed by atoms with van der Waals surface area (Å²) in [6.45, 7) is 2.36. The molecule has 0 bridgehead atoms. The van der Waals surface area contributed by atoms with Crippen molar-refractivity contribution in [1.29, 1.82) is 0 Å². The molecule has 0 radical (unpaired) electrons. The van der Waals surface area contributed by atoms with Crippen molar-refractivity contribution in [2.24, 2.45) is 0 Å². The van der Waals surface area contributed by atoms with E-state index < -0.39 is 11.9 Å². The van der Waals surface area contributed by atoms with Crippen molar-refractivity contribution in [1.82, 2.24) is 10.2 Å². The monoisotopic (exact) mass is 475 g/mol. The van der Waals surface area contributed by atoms with Crippen LogP contribution in [0, 0.1) is 0 Å². The van der Waals surface area contributed by atoms with E-state index in [-0.39, 0.29) is 18.4 Å². The number of nitrogens with one attached hydrogen (secondary N) is 2. The first kappa shape index (κ1) is 25.8. The Hall–Kier alpha value is -3.43. The van der Waals surface area contributed by atoms with Gasteiger partial charge in [-0.1, -0.05) is 29.8 Å². The summed E-state index contributed by atoms with van der Waals surface area (Å²) in [5.74, 6) is -3.73. The summed E-state index contributed by atoms with van der Waals surface area (Å²) in [4.78, 5) is 44.6. The first-order valence-corrected chi connectivity index (χ1v) is 10.7. The number of carbonyl (C=O) groups excluding carboxylic acids is 2. The van der Waals surface area contributed by atoms with Gasteiger partial charge in [-0.15, -0.1) is 0 Å². The number of benzene rings is 2. The van der Waals surface area contributed by atoms with E-state index in [0.717, 1.165) is 31.5 Å². The number of aliphatic carboxylic acids is 2. The second-order valence-electron chi connectivity index (χ2n) is 7.28. The van der Waals surface area contributed by atoms with Gasteiger partial charge in [0.05, 0.1) is 6.54 Å². The van der Waals surface area contributed by atoms with E-state index in [4.69, 9.17) is 31.4 Å². The summed E-state index contributed by atoms with van der Waals surface area (Å²) in [7, 11) is 0. The molecule has 176 valence electrons. The van der Waals surface area contributed by atoms with Gasteiger partial charge in [0, 0.05) is 35.9 Å². The number of piperidine rings is 1. The van der Waals surface area contributed by atoms with E-state index in [1.54, 1.807) is 24.3 Å². The van der Waals surface area contributed by atoms with Crippen LogP contribution in [-0.2, 0) is 20.9 Å². The molecule has 1 saturated heterocycles. The van der Waals surface area contributed by atoms with Crippen LogP contribution in [0.15, 0.2) is 48.5 Å². The van der Waals surface area contributed by atoms with Crippen molar-refractivity contribution in [3.63, 3.8) is 0 Å². The Morgan fingerprint density at radius 1 is 0.879 bits per heavy atom. The highest BCUT2D eigenvalue weighted by Gasteiger charge is 2.18. The highest BCUT2D eigenvalue weighted by molar-refractivity contribution is 6.31. The lowest BCUT2D eigenvalue weighted by atomic mass is 10.1.